The number of phosphoric ester groups is 2. The molecular formula is C14H26Cl4O8P2. The van der Waals surface area contributed by atoms with Crippen LogP contribution in [0, 0.1) is 0 Å². The van der Waals surface area contributed by atoms with E-state index in [1.807, 2.05) is 0 Å². The quantitative estimate of drug-likeness (QED) is 0.139. The maximum Gasteiger partial charge on any atom is 0.477 e. The number of phosphoric acid groups is 2. The van der Waals surface area contributed by atoms with Gasteiger partial charge < -0.3 is 0 Å². The lowest BCUT2D eigenvalue weighted by molar-refractivity contribution is -0.166. The minimum absolute atomic E-state index is 0.0710. The molecule has 1 fully saturated rings. The third-order valence-electron chi connectivity index (χ3n) is 3.48. The highest BCUT2D eigenvalue weighted by molar-refractivity contribution is 7.49. The minimum atomic E-state index is -4.10. The number of hydrogen-bond donors (Lipinski definition) is 0. The Morgan fingerprint density at radius 3 is 1.21 bits per heavy atom. The van der Waals surface area contributed by atoms with Crippen LogP contribution in [0.1, 0.15) is 32.1 Å². The summed E-state index contributed by atoms with van der Waals surface area (Å²) in [4.78, 5) is 0. The summed E-state index contributed by atoms with van der Waals surface area (Å²) >= 11 is 22.5. The first-order valence-electron chi connectivity index (χ1n) is 8.80. The van der Waals surface area contributed by atoms with Crippen LogP contribution in [0.15, 0.2) is 0 Å². The number of hydrogen-bond acceptors (Lipinski definition) is 8. The molecule has 14 heteroatoms. The highest BCUT2D eigenvalue weighted by Gasteiger charge is 2.49. The van der Waals surface area contributed by atoms with Crippen molar-refractivity contribution in [2.45, 2.75) is 37.9 Å². The van der Waals surface area contributed by atoms with Gasteiger partial charge in [-0.3, -0.25) is 27.1 Å². The summed E-state index contributed by atoms with van der Waals surface area (Å²) in [5.41, 5.74) is 0. The molecule has 8 nitrogen and oxygen atoms in total. The van der Waals surface area contributed by atoms with Gasteiger partial charge in [0, 0.05) is 36.4 Å². The van der Waals surface area contributed by atoms with Crippen LogP contribution in [-0.2, 0) is 36.3 Å². The van der Waals surface area contributed by atoms with Crippen LogP contribution in [0.2, 0.25) is 0 Å². The average Bonchev–Trinajstić information content (AvgIpc) is 2.68. The molecule has 1 aliphatic carbocycles. The average molecular weight is 526 g/mol. The first kappa shape index (κ1) is 27.4. The lowest BCUT2D eigenvalue weighted by atomic mass is 9.95. The van der Waals surface area contributed by atoms with E-state index in [4.69, 9.17) is 73.5 Å². The molecule has 0 atom stereocenters. The number of rotatable bonds is 16. The van der Waals surface area contributed by atoms with E-state index >= 15 is 0 Å². The summed E-state index contributed by atoms with van der Waals surface area (Å²) in [5.74, 6) is -1.27. The van der Waals surface area contributed by atoms with Crippen molar-refractivity contribution in [3.05, 3.63) is 0 Å². The minimum Gasteiger partial charge on any atom is -0.286 e. The Hall–Kier alpha value is 1.38. The fraction of sp³-hybridized carbons (Fsp3) is 1.00. The van der Waals surface area contributed by atoms with Crippen LogP contribution in [0.3, 0.4) is 0 Å². The zero-order valence-electron chi connectivity index (χ0n) is 15.4. The maximum absolute atomic E-state index is 13.0. The molecule has 0 aliphatic heterocycles. The van der Waals surface area contributed by atoms with Crippen LogP contribution in [-0.4, -0.2) is 55.7 Å². The molecule has 1 saturated carbocycles. The van der Waals surface area contributed by atoms with Gasteiger partial charge in [0.25, 0.3) is 0 Å². The van der Waals surface area contributed by atoms with E-state index in [0.29, 0.717) is 12.8 Å². The highest BCUT2D eigenvalue weighted by Crippen LogP contribution is 2.61. The van der Waals surface area contributed by atoms with Crippen LogP contribution in [0.25, 0.3) is 0 Å². The van der Waals surface area contributed by atoms with Gasteiger partial charge in [0.05, 0.1) is 26.4 Å². The predicted molar refractivity (Wildman–Crippen MR) is 110 cm³/mol. The van der Waals surface area contributed by atoms with Gasteiger partial charge in [0.15, 0.2) is 5.79 Å². The van der Waals surface area contributed by atoms with E-state index in [-0.39, 0.29) is 62.8 Å². The van der Waals surface area contributed by atoms with E-state index in [9.17, 15) is 9.13 Å². The standard InChI is InChI=1S/C14H26Cl4O8P2/c15-6-10-21-27(19,22-11-7-16)25-14(4-2-1-3-5-14)26-28(20,23-12-8-17)24-13-9-18/h1-13H2. The second-order valence-corrected chi connectivity index (χ2v) is 10.3. The van der Waals surface area contributed by atoms with Crippen molar-refractivity contribution in [3.63, 3.8) is 0 Å². The summed E-state index contributed by atoms with van der Waals surface area (Å²) in [6.45, 7) is -0.332. The van der Waals surface area contributed by atoms with Crippen molar-refractivity contribution in [1.82, 2.24) is 0 Å². The summed E-state index contributed by atoms with van der Waals surface area (Å²) < 4.78 is 58.3. The maximum atomic E-state index is 13.0. The molecule has 0 saturated heterocycles. The summed E-state index contributed by atoms with van der Waals surface area (Å²) in [6.07, 6.45) is 2.82. The van der Waals surface area contributed by atoms with E-state index in [2.05, 4.69) is 0 Å². The van der Waals surface area contributed by atoms with Crippen LogP contribution in [0.5, 0.6) is 0 Å². The summed E-state index contributed by atoms with van der Waals surface area (Å²) in [5, 5.41) is 0. The monoisotopic (exact) mass is 524 g/mol. The smallest absolute Gasteiger partial charge is 0.286 e. The van der Waals surface area contributed by atoms with Crippen LogP contribution in [0.4, 0.5) is 0 Å². The first-order valence-corrected chi connectivity index (χ1v) is 13.9. The molecule has 1 aliphatic rings. The van der Waals surface area contributed by atoms with Crippen molar-refractivity contribution in [2.75, 3.05) is 49.9 Å². The fourth-order valence-electron chi connectivity index (χ4n) is 2.46. The van der Waals surface area contributed by atoms with Crippen LogP contribution >= 0.6 is 62.0 Å². The Labute approximate surface area is 185 Å². The molecule has 0 radical (unpaired) electrons. The van der Waals surface area contributed by atoms with E-state index in [1.165, 1.54) is 0 Å². The van der Waals surface area contributed by atoms with Crippen molar-refractivity contribution in [2.24, 2.45) is 0 Å². The Bertz CT molecular complexity index is 460. The van der Waals surface area contributed by atoms with Crippen LogP contribution < -0.4 is 0 Å². The molecule has 0 bridgehead atoms. The van der Waals surface area contributed by atoms with Gasteiger partial charge in [-0.2, -0.15) is 0 Å². The molecule has 1 rings (SSSR count). The predicted octanol–water partition coefficient (Wildman–Crippen LogP) is 5.92. The third-order valence-corrected chi connectivity index (χ3v) is 7.20. The molecule has 0 aromatic rings. The molecule has 168 valence electrons. The molecule has 0 aromatic heterocycles. The van der Waals surface area contributed by atoms with Gasteiger partial charge in [-0.25, -0.2) is 9.13 Å². The van der Waals surface area contributed by atoms with Gasteiger partial charge in [0.2, 0.25) is 0 Å². The second kappa shape index (κ2) is 14.4. The molecule has 0 aromatic carbocycles. The second-order valence-electron chi connectivity index (χ2n) is 5.64. The molecule has 0 spiro atoms. The van der Waals surface area contributed by atoms with Gasteiger partial charge in [0.1, 0.15) is 0 Å². The van der Waals surface area contributed by atoms with Crippen molar-refractivity contribution in [1.29, 1.82) is 0 Å². The van der Waals surface area contributed by atoms with Crippen molar-refractivity contribution >= 4 is 62.0 Å². The molecule has 28 heavy (non-hydrogen) atoms. The first-order chi connectivity index (χ1) is 13.4. The van der Waals surface area contributed by atoms with Gasteiger partial charge >= 0.3 is 15.6 Å². The fourth-order valence-corrected chi connectivity index (χ4v) is 6.13. The highest BCUT2D eigenvalue weighted by atomic mass is 35.5. The molecule has 0 N–H and O–H groups in total. The SMILES string of the molecule is O=P(OCCCl)(OCCCl)OC1(OP(=O)(OCCCl)OCCCl)CCCCC1. The third kappa shape index (κ3) is 10.1. The van der Waals surface area contributed by atoms with E-state index in [0.717, 1.165) is 6.42 Å². The topological polar surface area (TPSA) is 89.5 Å². The van der Waals surface area contributed by atoms with E-state index in [1.54, 1.807) is 0 Å². The lowest BCUT2D eigenvalue weighted by Crippen LogP contribution is -2.37. The molecule has 0 heterocycles. The van der Waals surface area contributed by atoms with Gasteiger partial charge in [-0.1, -0.05) is 6.42 Å². The Balaban J connectivity index is 3.06. The van der Waals surface area contributed by atoms with Crippen molar-refractivity contribution in [3.8, 4) is 0 Å². The summed E-state index contributed by atoms with van der Waals surface area (Å²) in [6, 6.07) is 0. The zero-order valence-corrected chi connectivity index (χ0v) is 20.2. The van der Waals surface area contributed by atoms with E-state index < -0.39 is 21.4 Å². The number of alkyl halides is 4. The zero-order chi connectivity index (χ0) is 20.9. The Kier molecular flexibility index (Phi) is 14.1. The Morgan fingerprint density at radius 2 is 0.929 bits per heavy atom. The van der Waals surface area contributed by atoms with Gasteiger partial charge in [-0.15, -0.1) is 46.4 Å². The van der Waals surface area contributed by atoms with Crippen molar-refractivity contribution < 1.29 is 36.3 Å². The molecule has 0 amide bonds. The number of halogens is 4. The largest absolute Gasteiger partial charge is 0.477 e. The van der Waals surface area contributed by atoms with Gasteiger partial charge in [-0.05, 0) is 12.8 Å². The Morgan fingerprint density at radius 1 is 0.607 bits per heavy atom. The normalized spacial score (nSPS) is 17.7. The molecule has 0 unspecified atom stereocenters. The lowest BCUT2D eigenvalue weighted by Gasteiger charge is -2.39. The summed E-state index contributed by atoms with van der Waals surface area (Å²) in [7, 11) is -8.20. The molecular weight excluding hydrogens is 500 g/mol.